The van der Waals surface area contributed by atoms with Crippen molar-refractivity contribution in [3.05, 3.63) is 72.8 Å². The van der Waals surface area contributed by atoms with Crippen LogP contribution in [0.25, 0.3) is 10.8 Å². The van der Waals surface area contributed by atoms with Gasteiger partial charge in [-0.3, -0.25) is 0 Å². The third-order valence-corrected chi connectivity index (χ3v) is 4.80. The van der Waals surface area contributed by atoms with Gasteiger partial charge in [0.15, 0.2) is 0 Å². The topological polar surface area (TPSA) is 114 Å². The summed E-state index contributed by atoms with van der Waals surface area (Å²) in [5, 5.41) is 1.23. The van der Waals surface area contributed by atoms with Crippen LogP contribution >= 0.6 is 0 Å². The maximum Gasteiger partial charge on any atom is 0.125 e. The molecule has 168 valence electrons. The van der Waals surface area contributed by atoms with E-state index >= 15 is 0 Å². The molecular weight excluding hydrogens is 424 g/mol. The van der Waals surface area contributed by atoms with Crippen molar-refractivity contribution in [2.45, 2.75) is 51.3 Å². The Balaban J connectivity index is 0. The van der Waals surface area contributed by atoms with Crippen LogP contribution in [0, 0.1) is 0 Å². The van der Waals surface area contributed by atoms with Crippen molar-refractivity contribution >= 4 is 31.0 Å². The first-order valence-electron chi connectivity index (χ1n) is 9.64. The Labute approximate surface area is 181 Å². The Hall–Kier alpha value is -2.26. The Bertz CT molecular complexity index is 1040. The molecule has 0 radical (unpaired) electrons. The molecule has 0 heterocycles. The van der Waals surface area contributed by atoms with Gasteiger partial charge in [0, 0.05) is 0 Å². The Kier molecular flexibility index (Phi) is 15.5. The molecule has 0 aliphatic heterocycles. The Morgan fingerprint density at radius 1 is 0.533 bits per heavy atom. The lowest BCUT2D eigenvalue weighted by atomic mass is 10.1. The monoisotopic (exact) mass is 454 g/mol. The second kappa shape index (κ2) is 15.6. The molecule has 3 aromatic rings. The van der Waals surface area contributed by atoms with E-state index in [4.69, 9.17) is 0 Å². The fourth-order valence-electron chi connectivity index (χ4n) is 2.00. The quantitative estimate of drug-likeness (QED) is 0.478. The summed E-state index contributed by atoms with van der Waals surface area (Å²) >= 11 is 0. The van der Waals surface area contributed by atoms with Crippen LogP contribution < -0.4 is 0 Å². The van der Waals surface area contributed by atoms with Crippen LogP contribution in [0.4, 0.5) is 0 Å². The van der Waals surface area contributed by atoms with Crippen molar-refractivity contribution in [3.63, 3.8) is 0 Å². The zero-order valence-electron chi connectivity index (χ0n) is 18.2. The summed E-state index contributed by atoms with van der Waals surface area (Å²) < 4.78 is 63.5. The summed E-state index contributed by atoms with van der Waals surface area (Å²) in [6, 6.07) is 18.7. The van der Waals surface area contributed by atoms with Crippen molar-refractivity contribution in [2.75, 3.05) is 0 Å². The summed E-state index contributed by atoms with van der Waals surface area (Å²) in [5.41, 5.74) is 0. The van der Waals surface area contributed by atoms with E-state index in [-0.39, 0.29) is 9.79 Å². The average molecular weight is 455 g/mol. The maximum absolute atomic E-state index is 10.9. The minimum atomic E-state index is -4.38. The SMILES string of the molecule is CC.CC.CC.O=S(=O)([O-])c1cccc2ccccc12.O=S(=O)([O-])c1ccccc1. The third kappa shape index (κ3) is 10.5. The van der Waals surface area contributed by atoms with Gasteiger partial charge in [0.2, 0.25) is 0 Å². The highest BCUT2D eigenvalue weighted by molar-refractivity contribution is 7.86. The summed E-state index contributed by atoms with van der Waals surface area (Å²) in [6.07, 6.45) is 0. The number of hydrogen-bond acceptors (Lipinski definition) is 6. The van der Waals surface area contributed by atoms with Crippen LogP contribution in [0.5, 0.6) is 0 Å². The van der Waals surface area contributed by atoms with Crippen LogP contribution in [-0.4, -0.2) is 25.9 Å². The average Bonchev–Trinajstić information content (AvgIpc) is 2.77. The molecule has 8 heteroatoms. The molecule has 0 spiro atoms. The standard InChI is InChI=1S/C10H8O3S.C6H6O3S.3C2H6/c11-14(12,13)10-7-3-5-8-4-1-2-6-9(8)10;7-10(8,9)6-4-2-1-3-5-6;3*1-2/h1-7H,(H,11,12,13);1-5H,(H,7,8,9);3*1-2H3/p-2. The predicted molar refractivity (Wildman–Crippen MR) is 120 cm³/mol. The maximum atomic E-state index is 10.9. The highest BCUT2D eigenvalue weighted by Crippen LogP contribution is 2.21. The zero-order chi connectivity index (χ0) is 23.8. The third-order valence-electron chi connectivity index (χ3n) is 3.05. The second-order valence-corrected chi connectivity index (χ2v) is 7.43. The summed E-state index contributed by atoms with van der Waals surface area (Å²) in [5.74, 6) is 0. The van der Waals surface area contributed by atoms with Crippen molar-refractivity contribution in [1.82, 2.24) is 0 Å². The molecule has 0 aliphatic carbocycles. The van der Waals surface area contributed by atoms with E-state index in [1.165, 1.54) is 30.3 Å². The molecule has 0 aromatic heterocycles. The first-order chi connectivity index (χ1) is 14.2. The van der Waals surface area contributed by atoms with Gasteiger partial charge in [-0.05, 0) is 29.0 Å². The van der Waals surface area contributed by atoms with Crippen LogP contribution in [0.2, 0.25) is 0 Å². The highest BCUT2D eigenvalue weighted by Gasteiger charge is 2.05. The van der Waals surface area contributed by atoms with Gasteiger partial charge in [-0.15, -0.1) is 0 Å². The lowest BCUT2D eigenvalue weighted by Gasteiger charge is -2.09. The predicted octanol–water partition coefficient (Wildman–Crippen LogP) is 5.41. The van der Waals surface area contributed by atoms with Crippen molar-refractivity contribution < 1.29 is 25.9 Å². The van der Waals surface area contributed by atoms with Gasteiger partial charge in [-0.25, -0.2) is 16.8 Å². The van der Waals surface area contributed by atoms with E-state index in [0.29, 0.717) is 5.39 Å². The smallest absolute Gasteiger partial charge is 0.125 e. The van der Waals surface area contributed by atoms with Crippen LogP contribution in [-0.2, 0) is 20.2 Å². The summed E-state index contributed by atoms with van der Waals surface area (Å²) in [6.45, 7) is 12.0. The minimum Gasteiger partial charge on any atom is -0.744 e. The van der Waals surface area contributed by atoms with Crippen molar-refractivity contribution in [1.29, 1.82) is 0 Å². The van der Waals surface area contributed by atoms with E-state index in [1.807, 2.05) is 41.5 Å². The van der Waals surface area contributed by atoms with E-state index in [9.17, 15) is 25.9 Å². The first-order valence-corrected chi connectivity index (χ1v) is 12.5. The number of rotatable bonds is 2. The molecule has 6 nitrogen and oxygen atoms in total. The molecule has 3 rings (SSSR count). The molecule has 30 heavy (non-hydrogen) atoms. The highest BCUT2D eigenvalue weighted by atomic mass is 32.2. The zero-order valence-corrected chi connectivity index (χ0v) is 19.8. The van der Waals surface area contributed by atoms with Gasteiger partial charge in [0.1, 0.15) is 20.2 Å². The van der Waals surface area contributed by atoms with E-state index < -0.39 is 20.2 Å². The van der Waals surface area contributed by atoms with Gasteiger partial charge >= 0.3 is 0 Å². The molecule has 0 bridgehead atoms. The van der Waals surface area contributed by atoms with Crippen molar-refractivity contribution in [2.24, 2.45) is 0 Å². The number of hydrogen-bond donors (Lipinski definition) is 0. The van der Waals surface area contributed by atoms with Crippen LogP contribution in [0.3, 0.4) is 0 Å². The largest absolute Gasteiger partial charge is 0.744 e. The van der Waals surface area contributed by atoms with Gasteiger partial charge in [-0.2, -0.15) is 0 Å². The molecular formula is C22H30O6S2-2. The van der Waals surface area contributed by atoms with Crippen LogP contribution in [0.15, 0.2) is 82.6 Å². The number of benzene rings is 3. The Morgan fingerprint density at radius 3 is 1.40 bits per heavy atom. The molecule has 0 amide bonds. The second-order valence-electron chi connectivity index (χ2n) is 4.70. The molecule has 0 atom stereocenters. The van der Waals surface area contributed by atoms with Crippen molar-refractivity contribution in [3.8, 4) is 0 Å². The fraction of sp³-hybridized carbons (Fsp3) is 0.273. The van der Waals surface area contributed by atoms with Gasteiger partial charge in [0.05, 0.1) is 9.79 Å². The summed E-state index contributed by atoms with van der Waals surface area (Å²) in [7, 11) is -8.63. The molecule has 0 fully saturated rings. The lowest BCUT2D eigenvalue weighted by Crippen LogP contribution is -1.98. The minimum absolute atomic E-state index is 0.157. The first kappa shape index (κ1) is 29.9. The fourth-order valence-corrected chi connectivity index (χ4v) is 3.19. The Morgan fingerprint density at radius 2 is 0.967 bits per heavy atom. The molecule has 0 unspecified atom stereocenters. The lowest BCUT2D eigenvalue weighted by molar-refractivity contribution is 0.461. The van der Waals surface area contributed by atoms with Gasteiger partial charge in [-0.1, -0.05) is 96.1 Å². The molecule has 0 aliphatic rings. The van der Waals surface area contributed by atoms with Crippen LogP contribution in [0.1, 0.15) is 41.5 Å². The van der Waals surface area contributed by atoms with Gasteiger partial charge in [0.25, 0.3) is 0 Å². The normalized spacial score (nSPS) is 9.87. The van der Waals surface area contributed by atoms with E-state index in [0.717, 1.165) is 5.39 Å². The summed E-state index contributed by atoms with van der Waals surface area (Å²) in [4.78, 5) is -0.342. The van der Waals surface area contributed by atoms with Gasteiger partial charge < -0.3 is 9.11 Å². The van der Waals surface area contributed by atoms with E-state index in [1.54, 1.807) is 42.5 Å². The molecule has 3 aromatic carbocycles. The molecule has 0 N–H and O–H groups in total. The van der Waals surface area contributed by atoms with E-state index in [2.05, 4.69) is 0 Å². The number of fused-ring (bicyclic) bond motifs is 1. The molecule has 0 saturated heterocycles. The molecule has 0 saturated carbocycles.